The summed E-state index contributed by atoms with van der Waals surface area (Å²) < 4.78 is 36.1. The average Bonchev–Trinajstić information content (AvgIpc) is 2.39. The Morgan fingerprint density at radius 2 is 2.00 bits per heavy atom. The van der Waals surface area contributed by atoms with Gasteiger partial charge in [-0.1, -0.05) is 17.7 Å². The zero-order chi connectivity index (χ0) is 14.8. The van der Waals surface area contributed by atoms with Gasteiger partial charge in [0, 0.05) is 18.4 Å². The van der Waals surface area contributed by atoms with Gasteiger partial charge in [0.25, 0.3) is 0 Å². The van der Waals surface area contributed by atoms with Crippen molar-refractivity contribution in [3.8, 4) is 0 Å². The van der Waals surface area contributed by atoms with Gasteiger partial charge in [-0.05, 0) is 25.1 Å². The topological polar surface area (TPSA) is 59.1 Å². The van der Waals surface area contributed by atoms with Gasteiger partial charge in [0.1, 0.15) is 5.82 Å². The van der Waals surface area contributed by atoms with Crippen LogP contribution in [0.5, 0.6) is 0 Å². The van der Waals surface area contributed by atoms with Crippen LogP contribution in [0.3, 0.4) is 0 Å². The van der Waals surface area contributed by atoms with Crippen molar-refractivity contribution in [1.82, 2.24) is 4.98 Å². The van der Waals surface area contributed by atoms with Crippen LogP contribution in [0.15, 0.2) is 41.6 Å². The number of rotatable bonds is 4. The maximum atomic E-state index is 13.6. The normalized spacial score (nSPS) is 11.3. The Bertz CT molecular complexity index is 712. The standard InChI is InChI=1S/C14H15FN2O2S/c1-10-3-5-13(15)11(7-10)8-16-12-4-6-14(17-9-12)20(2,18)19/h3-7,9,16H,8H2,1-2H3. The molecule has 0 atom stereocenters. The first-order valence-electron chi connectivity index (χ1n) is 6.01. The first-order chi connectivity index (χ1) is 9.36. The molecular formula is C14H15FN2O2S. The molecule has 1 aromatic carbocycles. The van der Waals surface area contributed by atoms with Gasteiger partial charge < -0.3 is 5.32 Å². The third kappa shape index (κ3) is 3.54. The van der Waals surface area contributed by atoms with E-state index in [1.165, 1.54) is 18.3 Å². The molecule has 0 aliphatic rings. The fourth-order valence-corrected chi connectivity index (χ4v) is 2.30. The Kier molecular flexibility index (Phi) is 4.04. The highest BCUT2D eigenvalue weighted by molar-refractivity contribution is 7.90. The van der Waals surface area contributed by atoms with Gasteiger partial charge in [-0.25, -0.2) is 17.8 Å². The third-order valence-corrected chi connectivity index (χ3v) is 3.80. The molecule has 0 radical (unpaired) electrons. The van der Waals surface area contributed by atoms with E-state index in [2.05, 4.69) is 10.3 Å². The first kappa shape index (κ1) is 14.5. The lowest BCUT2D eigenvalue weighted by atomic mass is 10.1. The van der Waals surface area contributed by atoms with Crippen molar-refractivity contribution in [1.29, 1.82) is 0 Å². The van der Waals surface area contributed by atoms with E-state index in [0.29, 0.717) is 17.8 Å². The molecule has 1 heterocycles. The number of aryl methyl sites for hydroxylation is 1. The second-order valence-corrected chi connectivity index (χ2v) is 6.57. The van der Waals surface area contributed by atoms with E-state index in [0.717, 1.165) is 11.8 Å². The second kappa shape index (κ2) is 5.58. The highest BCUT2D eigenvalue weighted by atomic mass is 32.2. The van der Waals surface area contributed by atoms with Gasteiger partial charge in [0.2, 0.25) is 0 Å². The molecule has 0 aliphatic heterocycles. The van der Waals surface area contributed by atoms with E-state index in [1.54, 1.807) is 18.2 Å². The van der Waals surface area contributed by atoms with Crippen molar-refractivity contribution in [2.75, 3.05) is 11.6 Å². The fourth-order valence-electron chi connectivity index (χ4n) is 1.74. The molecule has 2 rings (SSSR count). The lowest BCUT2D eigenvalue weighted by molar-refractivity contribution is 0.598. The number of nitrogens with one attached hydrogen (secondary N) is 1. The number of aromatic nitrogens is 1. The van der Waals surface area contributed by atoms with Crippen molar-refractivity contribution >= 4 is 15.5 Å². The average molecular weight is 294 g/mol. The zero-order valence-corrected chi connectivity index (χ0v) is 12.0. The maximum Gasteiger partial charge on any atom is 0.192 e. The summed E-state index contributed by atoms with van der Waals surface area (Å²) in [6, 6.07) is 7.93. The van der Waals surface area contributed by atoms with Crippen LogP contribution in [0.1, 0.15) is 11.1 Å². The van der Waals surface area contributed by atoms with Crippen molar-refractivity contribution in [3.63, 3.8) is 0 Å². The molecule has 0 fully saturated rings. The van der Waals surface area contributed by atoms with E-state index in [-0.39, 0.29) is 10.8 Å². The van der Waals surface area contributed by atoms with Crippen LogP contribution in [0, 0.1) is 12.7 Å². The van der Waals surface area contributed by atoms with Crippen LogP contribution in [0.25, 0.3) is 0 Å². The molecular weight excluding hydrogens is 279 g/mol. The number of benzene rings is 1. The van der Waals surface area contributed by atoms with E-state index in [1.807, 2.05) is 6.92 Å². The molecule has 106 valence electrons. The number of hydrogen-bond acceptors (Lipinski definition) is 4. The minimum absolute atomic E-state index is 0.0183. The van der Waals surface area contributed by atoms with Gasteiger partial charge in [0.05, 0.1) is 11.9 Å². The van der Waals surface area contributed by atoms with Gasteiger partial charge in [-0.3, -0.25) is 0 Å². The summed E-state index contributed by atoms with van der Waals surface area (Å²) in [5, 5.41) is 3.03. The summed E-state index contributed by atoms with van der Waals surface area (Å²) in [4.78, 5) is 3.86. The van der Waals surface area contributed by atoms with E-state index >= 15 is 0 Å². The zero-order valence-electron chi connectivity index (χ0n) is 11.2. The number of nitrogens with zero attached hydrogens (tertiary/aromatic N) is 1. The monoisotopic (exact) mass is 294 g/mol. The SMILES string of the molecule is Cc1ccc(F)c(CNc2ccc(S(C)(=O)=O)nc2)c1. The highest BCUT2D eigenvalue weighted by Crippen LogP contribution is 2.14. The van der Waals surface area contributed by atoms with Gasteiger partial charge >= 0.3 is 0 Å². The summed E-state index contributed by atoms with van der Waals surface area (Å²) in [6.45, 7) is 2.21. The van der Waals surface area contributed by atoms with E-state index in [4.69, 9.17) is 0 Å². The van der Waals surface area contributed by atoms with Crippen molar-refractivity contribution in [2.24, 2.45) is 0 Å². The van der Waals surface area contributed by atoms with Gasteiger partial charge in [-0.15, -0.1) is 0 Å². The van der Waals surface area contributed by atoms with E-state index in [9.17, 15) is 12.8 Å². The Morgan fingerprint density at radius 1 is 1.25 bits per heavy atom. The van der Waals surface area contributed by atoms with Crippen molar-refractivity contribution < 1.29 is 12.8 Å². The lowest BCUT2D eigenvalue weighted by Crippen LogP contribution is -2.04. The van der Waals surface area contributed by atoms with Crippen molar-refractivity contribution in [3.05, 3.63) is 53.5 Å². The summed E-state index contributed by atoms with van der Waals surface area (Å²) >= 11 is 0. The van der Waals surface area contributed by atoms with Crippen LogP contribution in [-0.2, 0) is 16.4 Å². The molecule has 0 spiro atoms. The predicted molar refractivity (Wildman–Crippen MR) is 75.8 cm³/mol. The van der Waals surface area contributed by atoms with Crippen molar-refractivity contribution in [2.45, 2.75) is 18.5 Å². The molecule has 20 heavy (non-hydrogen) atoms. The second-order valence-electron chi connectivity index (χ2n) is 4.61. The fraction of sp³-hybridized carbons (Fsp3) is 0.214. The predicted octanol–water partition coefficient (Wildman–Crippen LogP) is 2.54. The Labute approximate surface area is 117 Å². The summed E-state index contributed by atoms with van der Waals surface area (Å²) in [6.07, 6.45) is 2.52. The highest BCUT2D eigenvalue weighted by Gasteiger charge is 2.08. The lowest BCUT2D eigenvalue weighted by Gasteiger charge is -2.08. The smallest absolute Gasteiger partial charge is 0.192 e. The molecule has 0 saturated heterocycles. The van der Waals surface area contributed by atoms with Crippen LogP contribution in [-0.4, -0.2) is 19.7 Å². The third-order valence-electron chi connectivity index (χ3n) is 2.80. The van der Waals surface area contributed by atoms with Crippen LogP contribution < -0.4 is 5.32 Å². The van der Waals surface area contributed by atoms with Gasteiger partial charge in [-0.2, -0.15) is 0 Å². The summed E-state index contributed by atoms with van der Waals surface area (Å²) in [5.74, 6) is -0.274. The summed E-state index contributed by atoms with van der Waals surface area (Å²) in [7, 11) is -3.30. The number of hydrogen-bond donors (Lipinski definition) is 1. The Balaban J connectivity index is 2.10. The number of halogens is 1. The largest absolute Gasteiger partial charge is 0.380 e. The molecule has 4 nitrogen and oxygen atoms in total. The Morgan fingerprint density at radius 3 is 2.60 bits per heavy atom. The maximum absolute atomic E-state index is 13.6. The number of anilines is 1. The molecule has 1 N–H and O–H groups in total. The number of sulfone groups is 1. The number of pyridine rings is 1. The minimum Gasteiger partial charge on any atom is -0.380 e. The van der Waals surface area contributed by atoms with Crippen LogP contribution in [0.2, 0.25) is 0 Å². The van der Waals surface area contributed by atoms with Gasteiger partial charge in [0.15, 0.2) is 14.9 Å². The molecule has 0 aliphatic carbocycles. The summed E-state index contributed by atoms with van der Waals surface area (Å²) in [5.41, 5.74) is 2.17. The molecule has 0 unspecified atom stereocenters. The molecule has 0 bridgehead atoms. The first-order valence-corrected chi connectivity index (χ1v) is 7.90. The molecule has 6 heteroatoms. The van der Waals surface area contributed by atoms with E-state index < -0.39 is 9.84 Å². The quantitative estimate of drug-likeness (QED) is 0.941. The van der Waals surface area contributed by atoms with Crippen LogP contribution in [0.4, 0.5) is 10.1 Å². The molecule has 1 aromatic heterocycles. The minimum atomic E-state index is -3.30. The molecule has 0 amide bonds. The molecule has 2 aromatic rings. The molecule has 0 saturated carbocycles. The van der Waals surface area contributed by atoms with Crippen LogP contribution >= 0.6 is 0 Å². The Hall–Kier alpha value is -1.95.